The van der Waals surface area contributed by atoms with E-state index in [2.05, 4.69) is 4.98 Å². The third-order valence-corrected chi connectivity index (χ3v) is 2.53. The van der Waals surface area contributed by atoms with Crippen LogP contribution in [0.5, 0.6) is 5.75 Å². The van der Waals surface area contributed by atoms with Crippen molar-refractivity contribution in [3.05, 3.63) is 36.0 Å². The normalized spacial score (nSPS) is 11.4. The number of carbonyl (C=O) groups excluding carboxylic acids is 1. The van der Waals surface area contributed by atoms with Gasteiger partial charge in [0.05, 0.1) is 0 Å². The van der Waals surface area contributed by atoms with Gasteiger partial charge in [-0.05, 0) is 45.4 Å². The molecule has 0 aliphatic rings. The second-order valence-electron chi connectivity index (χ2n) is 5.35. The molecule has 19 heavy (non-hydrogen) atoms. The third kappa shape index (κ3) is 3.22. The van der Waals surface area contributed by atoms with Gasteiger partial charge in [0.1, 0.15) is 11.1 Å². The number of nitrogens with zero attached hydrogens (tertiary/aromatic N) is 1. The van der Waals surface area contributed by atoms with Crippen LogP contribution in [0.25, 0.3) is 10.9 Å². The van der Waals surface area contributed by atoms with E-state index < -0.39 is 11.8 Å². The van der Waals surface area contributed by atoms with E-state index in [9.17, 15) is 4.79 Å². The van der Waals surface area contributed by atoms with Gasteiger partial charge < -0.3 is 9.47 Å². The van der Waals surface area contributed by atoms with E-state index in [-0.39, 0.29) is 0 Å². The van der Waals surface area contributed by atoms with Crippen LogP contribution in [0, 0.1) is 6.92 Å². The molecular formula is C15H17NO3. The Kier molecular flexibility index (Phi) is 3.42. The second kappa shape index (κ2) is 4.88. The highest BCUT2D eigenvalue weighted by Gasteiger charge is 2.19. The lowest BCUT2D eigenvalue weighted by Crippen LogP contribution is -2.26. The number of benzene rings is 1. The molecule has 1 heterocycles. The van der Waals surface area contributed by atoms with Crippen molar-refractivity contribution in [1.82, 2.24) is 4.98 Å². The number of aromatic nitrogens is 1. The lowest BCUT2D eigenvalue weighted by atomic mass is 10.1. The van der Waals surface area contributed by atoms with Crippen molar-refractivity contribution in [3.63, 3.8) is 0 Å². The van der Waals surface area contributed by atoms with Crippen molar-refractivity contribution < 1.29 is 14.3 Å². The van der Waals surface area contributed by atoms with E-state index in [0.29, 0.717) is 11.3 Å². The summed E-state index contributed by atoms with van der Waals surface area (Å²) in [5.41, 5.74) is 1.17. The number of hydrogen-bond acceptors (Lipinski definition) is 4. The van der Waals surface area contributed by atoms with E-state index >= 15 is 0 Å². The molecule has 0 bridgehead atoms. The number of fused-ring (bicyclic) bond motifs is 1. The topological polar surface area (TPSA) is 48.4 Å². The van der Waals surface area contributed by atoms with E-state index in [4.69, 9.17) is 9.47 Å². The van der Waals surface area contributed by atoms with Crippen molar-refractivity contribution in [2.45, 2.75) is 33.3 Å². The zero-order valence-electron chi connectivity index (χ0n) is 11.6. The van der Waals surface area contributed by atoms with Gasteiger partial charge in [-0.2, -0.15) is 0 Å². The summed E-state index contributed by atoms with van der Waals surface area (Å²) in [4.78, 5) is 15.9. The number of aryl methyl sites for hydroxylation is 1. The van der Waals surface area contributed by atoms with E-state index in [0.717, 1.165) is 10.9 Å². The fraction of sp³-hybridized carbons (Fsp3) is 0.333. The van der Waals surface area contributed by atoms with Crippen LogP contribution < -0.4 is 4.74 Å². The first-order valence-electron chi connectivity index (χ1n) is 6.12. The molecule has 0 amide bonds. The molecule has 0 saturated carbocycles. The lowest BCUT2D eigenvalue weighted by Gasteiger charge is -2.18. The average molecular weight is 259 g/mol. The molecule has 0 aliphatic carbocycles. The SMILES string of the molecule is Cc1ccnc2c(OC(=O)OC(C)(C)C)cccc12. The van der Waals surface area contributed by atoms with Crippen molar-refractivity contribution >= 4 is 17.1 Å². The summed E-state index contributed by atoms with van der Waals surface area (Å²) < 4.78 is 10.4. The van der Waals surface area contributed by atoms with Gasteiger partial charge in [-0.15, -0.1) is 0 Å². The largest absolute Gasteiger partial charge is 0.514 e. The minimum atomic E-state index is -0.719. The standard InChI is InChI=1S/C15H17NO3/c1-10-8-9-16-13-11(10)6-5-7-12(13)18-14(17)19-15(2,3)4/h5-9H,1-4H3. The Morgan fingerprint density at radius 1 is 1.21 bits per heavy atom. The summed E-state index contributed by atoms with van der Waals surface area (Å²) >= 11 is 0. The molecule has 4 nitrogen and oxygen atoms in total. The van der Waals surface area contributed by atoms with Crippen LogP contribution >= 0.6 is 0 Å². The molecule has 0 N–H and O–H groups in total. The predicted molar refractivity (Wildman–Crippen MR) is 73.3 cm³/mol. The average Bonchev–Trinajstić information content (AvgIpc) is 2.28. The summed E-state index contributed by atoms with van der Waals surface area (Å²) in [6, 6.07) is 7.40. The summed E-state index contributed by atoms with van der Waals surface area (Å²) in [5.74, 6) is 0.412. The molecule has 0 unspecified atom stereocenters. The minimum Gasteiger partial charge on any atom is -0.428 e. The number of pyridine rings is 1. The van der Waals surface area contributed by atoms with Gasteiger partial charge in [-0.3, -0.25) is 4.98 Å². The Hall–Kier alpha value is -2.10. The highest BCUT2D eigenvalue weighted by molar-refractivity contribution is 5.88. The second-order valence-corrected chi connectivity index (χ2v) is 5.35. The molecule has 0 fully saturated rings. The Balaban J connectivity index is 2.31. The number of ether oxygens (including phenoxy) is 2. The zero-order chi connectivity index (χ0) is 14.0. The highest BCUT2D eigenvalue weighted by Crippen LogP contribution is 2.26. The molecule has 0 aliphatic heterocycles. The molecule has 0 atom stereocenters. The Morgan fingerprint density at radius 3 is 2.63 bits per heavy atom. The Morgan fingerprint density at radius 2 is 1.95 bits per heavy atom. The maximum absolute atomic E-state index is 11.7. The maximum Gasteiger partial charge on any atom is 0.514 e. The fourth-order valence-corrected chi connectivity index (χ4v) is 1.73. The van der Waals surface area contributed by atoms with Gasteiger partial charge in [-0.25, -0.2) is 4.79 Å². The van der Waals surface area contributed by atoms with Gasteiger partial charge in [-0.1, -0.05) is 12.1 Å². The van der Waals surface area contributed by atoms with Gasteiger partial charge in [0.2, 0.25) is 0 Å². The van der Waals surface area contributed by atoms with E-state index in [1.165, 1.54) is 0 Å². The Bertz CT molecular complexity index is 614. The van der Waals surface area contributed by atoms with Crippen LogP contribution in [0.1, 0.15) is 26.3 Å². The molecule has 100 valence electrons. The first-order chi connectivity index (χ1) is 8.87. The molecular weight excluding hydrogens is 242 g/mol. The molecule has 0 radical (unpaired) electrons. The number of carbonyl (C=O) groups is 1. The molecule has 2 rings (SSSR count). The fourth-order valence-electron chi connectivity index (χ4n) is 1.73. The van der Waals surface area contributed by atoms with E-state index in [1.54, 1.807) is 33.0 Å². The van der Waals surface area contributed by atoms with Crippen LogP contribution in [0.4, 0.5) is 4.79 Å². The van der Waals surface area contributed by atoms with Crippen LogP contribution in [0.2, 0.25) is 0 Å². The van der Waals surface area contributed by atoms with Crippen molar-refractivity contribution in [2.24, 2.45) is 0 Å². The first-order valence-corrected chi connectivity index (χ1v) is 6.12. The smallest absolute Gasteiger partial charge is 0.428 e. The monoisotopic (exact) mass is 259 g/mol. The molecule has 2 aromatic rings. The molecule has 0 spiro atoms. The quantitative estimate of drug-likeness (QED) is 0.576. The zero-order valence-corrected chi connectivity index (χ0v) is 11.6. The Labute approximate surface area is 112 Å². The van der Waals surface area contributed by atoms with Crippen LogP contribution in [-0.2, 0) is 4.74 Å². The van der Waals surface area contributed by atoms with Crippen molar-refractivity contribution in [1.29, 1.82) is 0 Å². The molecule has 1 aromatic heterocycles. The number of rotatable bonds is 1. The summed E-state index contributed by atoms with van der Waals surface area (Å²) in [6.07, 6.45) is 0.975. The predicted octanol–water partition coefficient (Wildman–Crippen LogP) is 3.86. The third-order valence-electron chi connectivity index (χ3n) is 2.53. The highest BCUT2D eigenvalue weighted by atomic mass is 16.7. The maximum atomic E-state index is 11.7. The lowest BCUT2D eigenvalue weighted by molar-refractivity contribution is 0.0209. The summed E-state index contributed by atoms with van der Waals surface area (Å²) in [7, 11) is 0. The van der Waals surface area contributed by atoms with Crippen LogP contribution in [0.15, 0.2) is 30.5 Å². The van der Waals surface area contributed by atoms with Gasteiger partial charge in [0, 0.05) is 11.6 Å². The van der Waals surface area contributed by atoms with Crippen LogP contribution in [0.3, 0.4) is 0 Å². The first kappa shape index (κ1) is 13.3. The number of hydrogen-bond donors (Lipinski definition) is 0. The van der Waals surface area contributed by atoms with Gasteiger partial charge in [0.15, 0.2) is 5.75 Å². The summed E-state index contributed by atoms with van der Waals surface area (Å²) in [5, 5.41) is 0.962. The van der Waals surface area contributed by atoms with Crippen LogP contribution in [-0.4, -0.2) is 16.7 Å². The molecule has 1 aromatic carbocycles. The minimum absolute atomic E-state index is 0.412. The van der Waals surface area contributed by atoms with Gasteiger partial charge in [0.25, 0.3) is 0 Å². The summed E-state index contributed by atoms with van der Waals surface area (Å²) in [6.45, 7) is 7.36. The van der Waals surface area contributed by atoms with Crippen molar-refractivity contribution in [3.8, 4) is 5.75 Å². The van der Waals surface area contributed by atoms with E-state index in [1.807, 2.05) is 25.1 Å². The molecule has 0 saturated heterocycles. The van der Waals surface area contributed by atoms with Crippen molar-refractivity contribution in [2.75, 3.05) is 0 Å². The molecule has 4 heteroatoms. The number of para-hydroxylation sites is 1. The van der Waals surface area contributed by atoms with Gasteiger partial charge >= 0.3 is 6.16 Å².